The molecule has 11 aromatic carbocycles. The van der Waals surface area contributed by atoms with Gasteiger partial charge in [-0.15, -0.1) is 0 Å². The Hall–Kier alpha value is -8.96. The van der Waals surface area contributed by atoms with Gasteiger partial charge in [-0.05, 0) is 162 Å². The van der Waals surface area contributed by atoms with Crippen LogP contribution in [0.5, 0.6) is 0 Å². The van der Waals surface area contributed by atoms with Crippen molar-refractivity contribution in [1.29, 1.82) is 10.5 Å². The van der Waals surface area contributed by atoms with Gasteiger partial charge in [-0.25, -0.2) is 0 Å². The lowest BCUT2D eigenvalue weighted by atomic mass is 9.85. The first-order valence-electron chi connectivity index (χ1n) is 21.4. The van der Waals surface area contributed by atoms with Crippen molar-refractivity contribution in [3.05, 3.63) is 242 Å². The summed E-state index contributed by atoms with van der Waals surface area (Å²) in [6, 6.07) is 85.4. The molecule has 0 aliphatic heterocycles. The molecule has 11 aromatic rings. The van der Waals surface area contributed by atoms with Crippen LogP contribution in [0.1, 0.15) is 11.1 Å². The van der Waals surface area contributed by atoms with Crippen LogP contribution < -0.4 is 9.80 Å². The van der Waals surface area contributed by atoms with Crippen molar-refractivity contribution in [2.24, 2.45) is 0 Å². The van der Waals surface area contributed by atoms with Gasteiger partial charge < -0.3 is 9.80 Å². The van der Waals surface area contributed by atoms with Crippen molar-refractivity contribution in [3.63, 3.8) is 0 Å². The van der Waals surface area contributed by atoms with E-state index in [1.165, 1.54) is 10.8 Å². The molecule has 0 bridgehead atoms. The van der Waals surface area contributed by atoms with E-state index in [9.17, 15) is 10.5 Å². The topological polar surface area (TPSA) is 54.1 Å². The molecule has 0 saturated heterocycles. The Bertz CT molecular complexity index is 3380. The highest BCUT2D eigenvalue weighted by molar-refractivity contribution is 6.22. The number of fused-ring (bicyclic) bond motifs is 4. The zero-order chi connectivity index (χ0) is 43.0. The SMILES string of the molecule is N#Cc1ccc(N(c2ccc3ccccc3c2)c2ccc3c(-c4ccccc4)c4cc(N(c5ccc(C#N)cc5)c5ccc6ccccc6c5)ccc4c(-c4ccccc4)c3c2)cc1. The van der Waals surface area contributed by atoms with E-state index in [1.54, 1.807) is 0 Å². The second-order valence-corrected chi connectivity index (χ2v) is 16.0. The maximum atomic E-state index is 9.73. The highest BCUT2D eigenvalue weighted by Gasteiger charge is 2.22. The molecule has 0 radical (unpaired) electrons. The Morgan fingerprint density at radius 2 is 0.594 bits per heavy atom. The smallest absolute Gasteiger partial charge is 0.0991 e. The van der Waals surface area contributed by atoms with E-state index in [1.807, 2.05) is 48.5 Å². The van der Waals surface area contributed by atoms with Gasteiger partial charge >= 0.3 is 0 Å². The van der Waals surface area contributed by atoms with Crippen molar-refractivity contribution in [3.8, 4) is 34.4 Å². The number of hydrogen-bond donors (Lipinski definition) is 0. The molecule has 0 atom stereocenters. The number of nitriles is 2. The van der Waals surface area contributed by atoms with Gasteiger partial charge in [0.15, 0.2) is 0 Å². The zero-order valence-corrected chi connectivity index (χ0v) is 34.7. The predicted octanol–water partition coefficient (Wildman–Crippen LogP) is 16.3. The first kappa shape index (κ1) is 38.0. The van der Waals surface area contributed by atoms with Crippen LogP contribution in [0.25, 0.3) is 65.3 Å². The number of hydrogen-bond acceptors (Lipinski definition) is 4. The summed E-state index contributed by atoms with van der Waals surface area (Å²) >= 11 is 0. The van der Waals surface area contributed by atoms with Crippen molar-refractivity contribution in [2.45, 2.75) is 0 Å². The van der Waals surface area contributed by atoms with Crippen molar-refractivity contribution in [2.75, 3.05) is 9.80 Å². The molecule has 64 heavy (non-hydrogen) atoms. The largest absolute Gasteiger partial charge is 0.310 e. The van der Waals surface area contributed by atoms with Crippen LogP contribution in [0.4, 0.5) is 34.1 Å². The molecule has 0 heterocycles. The molecule has 0 saturated carbocycles. The Kier molecular flexibility index (Phi) is 9.58. The van der Waals surface area contributed by atoms with Crippen molar-refractivity contribution >= 4 is 77.2 Å². The van der Waals surface area contributed by atoms with E-state index in [0.29, 0.717) is 11.1 Å². The van der Waals surface area contributed by atoms with Gasteiger partial charge in [-0.2, -0.15) is 10.5 Å². The highest BCUT2D eigenvalue weighted by Crippen LogP contribution is 2.48. The van der Waals surface area contributed by atoms with Crippen LogP contribution in [0.2, 0.25) is 0 Å². The van der Waals surface area contributed by atoms with Gasteiger partial charge in [0.25, 0.3) is 0 Å². The molecule has 0 aromatic heterocycles. The average Bonchev–Trinajstić information content (AvgIpc) is 3.36. The molecular weight excluding hydrogens is 777 g/mol. The van der Waals surface area contributed by atoms with Crippen LogP contribution in [-0.2, 0) is 0 Å². The standard InChI is InChI=1S/C60H38N4/c61-39-41-19-25-49(26-20-41)63(51-29-23-43-11-7-9-17-47(43)35-51)53-32-34-56-57(37-53)59(45-13-3-1-4-14-45)55-33-31-54(38-58(55)60(56)46-15-5-2-6-16-46)64(50-27-21-42(40-62)22-28-50)52-30-24-44-12-8-10-18-48(44)36-52/h1-38H. The van der Waals surface area contributed by atoms with Crippen LogP contribution in [0, 0.1) is 22.7 Å². The summed E-state index contributed by atoms with van der Waals surface area (Å²) in [5.74, 6) is 0. The molecule has 0 N–H and O–H groups in total. The van der Waals surface area contributed by atoms with Crippen LogP contribution in [0.15, 0.2) is 231 Å². The van der Waals surface area contributed by atoms with Crippen LogP contribution in [-0.4, -0.2) is 0 Å². The third kappa shape index (κ3) is 6.83. The summed E-state index contributed by atoms with van der Waals surface area (Å²) in [7, 11) is 0. The minimum Gasteiger partial charge on any atom is -0.310 e. The van der Waals surface area contributed by atoms with Gasteiger partial charge in [0.2, 0.25) is 0 Å². The lowest BCUT2D eigenvalue weighted by molar-refractivity contribution is 1.29. The van der Waals surface area contributed by atoms with Gasteiger partial charge in [0.1, 0.15) is 0 Å². The molecule has 0 aliphatic rings. The summed E-state index contributed by atoms with van der Waals surface area (Å²) in [4.78, 5) is 4.58. The maximum absolute atomic E-state index is 9.73. The van der Waals surface area contributed by atoms with E-state index < -0.39 is 0 Å². The molecule has 0 amide bonds. The Morgan fingerprint density at radius 3 is 0.984 bits per heavy atom. The fourth-order valence-electron chi connectivity index (χ4n) is 9.21. The minimum absolute atomic E-state index is 0.615. The summed E-state index contributed by atoms with van der Waals surface area (Å²) in [6.07, 6.45) is 0. The second kappa shape index (κ2) is 16.1. The van der Waals surface area contributed by atoms with E-state index in [2.05, 4.69) is 204 Å². The fraction of sp³-hybridized carbons (Fsp3) is 0. The van der Waals surface area contributed by atoms with Gasteiger partial charge in [0.05, 0.1) is 23.3 Å². The number of benzene rings is 11. The molecule has 298 valence electrons. The quantitative estimate of drug-likeness (QED) is 0.143. The normalized spacial score (nSPS) is 11.1. The Morgan fingerprint density at radius 1 is 0.266 bits per heavy atom. The molecule has 4 nitrogen and oxygen atoms in total. The third-order valence-corrected chi connectivity index (χ3v) is 12.2. The van der Waals surface area contributed by atoms with Crippen LogP contribution >= 0.6 is 0 Å². The number of nitrogens with zero attached hydrogens (tertiary/aromatic N) is 4. The summed E-state index contributed by atoms with van der Waals surface area (Å²) in [5.41, 5.74) is 11.7. The minimum atomic E-state index is 0.615. The van der Waals surface area contributed by atoms with Gasteiger partial charge in [-0.1, -0.05) is 133 Å². The van der Waals surface area contributed by atoms with E-state index in [0.717, 1.165) is 88.7 Å². The monoisotopic (exact) mass is 814 g/mol. The Balaban J connectivity index is 1.20. The average molecular weight is 815 g/mol. The Labute approximate surface area is 372 Å². The zero-order valence-electron chi connectivity index (χ0n) is 34.7. The third-order valence-electron chi connectivity index (χ3n) is 12.2. The molecule has 11 rings (SSSR count). The second-order valence-electron chi connectivity index (χ2n) is 16.0. The first-order valence-corrected chi connectivity index (χ1v) is 21.4. The van der Waals surface area contributed by atoms with Crippen LogP contribution in [0.3, 0.4) is 0 Å². The maximum Gasteiger partial charge on any atom is 0.0991 e. The highest BCUT2D eigenvalue weighted by atomic mass is 15.1. The van der Waals surface area contributed by atoms with E-state index in [-0.39, 0.29) is 0 Å². The molecule has 0 spiro atoms. The summed E-state index contributed by atoms with van der Waals surface area (Å²) < 4.78 is 0. The number of anilines is 6. The van der Waals surface area contributed by atoms with Crippen molar-refractivity contribution < 1.29 is 0 Å². The summed E-state index contributed by atoms with van der Waals surface area (Å²) in [5, 5.41) is 28.6. The molecule has 0 unspecified atom stereocenters. The summed E-state index contributed by atoms with van der Waals surface area (Å²) in [6.45, 7) is 0. The number of rotatable bonds is 8. The lowest BCUT2D eigenvalue weighted by Crippen LogP contribution is -2.10. The molecule has 0 aliphatic carbocycles. The van der Waals surface area contributed by atoms with E-state index >= 15 is 0 Å². The molecule has 4 heteroatoms. The lowest BCUT2D eigenvalue weighted by Gasteiger charge is -2.28. The fourth-order valence-corrected chi connectivity index (χ4v) is 9.21. The van der Waals surface area contributed by atoms with E-state index in [4.69, 9.17) is 0 Å². The predicted molar refractivity (Wildman–Crippen MR) is 266 cm³/mol. The molecular formula is C60H38N4. The van der Waals surface area contributed by atoms with Gasteiger partial charge in [-0.3, -0.25) is 0 Å². The molecule has 0 fully saturated rings. The first-order chi connectivity index (χ1) is 31.6. The van der Waals surface area contributed by atoms with Crippen molar-refractivity contribution in [1.82, 2.24) is 0 Å². The van der Waals surface area contributed by atoms with Gasteiger partial charge in [0, 0.05) is 34.1 Å².